The lowest BCUT2D eigenvalue weighted by Gasteiger charge is -2.42. The van der Waals surface area contributed by atoms with Gasteiger partial charge in [-0.15, -0.1) is 0 Å². The number of nitro benzene ring substituents is 1. The molecule has 138 valence electrons. The van der Waals surface area contributed by atoms with Crippen LogP contribution < -0.4 is 0 Å². The Morgan fingerprint density at radius 1 is 1.11 bits per heavy atom. The van der Waals surface area contributed by atoms with E-state index in [1.54, 1.807) is 12.1 Å². The molecule has 0 amide bonds. The van der Waals surface area contributed by atoms with Crippen LogP contribution in [-0.4, -0.2) is 16.1 Å². The number of non-ortho nitro benzene ring substituents is 1. The summed E-state index contributed by atoms with van der Waals surface area (Å²) in [6.45, 7) is 0.726. The average molecular weight is 362 g/mol. The van der Waals surface area contributed by atoms with E-state index >= 15 is 0 Å². The van der Waals surface area contributed by atoms with Gasteiger partial charge in [0.25, 0.3) is 5.69 Å². The van der Waals surface area contributed by atoms with Crippen molar-refractivity contribution >= 4 is 16.6 Å². The Balaban J connectivity index is 1.54. The molecular formula is C22H22N2O3. The van der Waals surface area contributed by atoms with E-state index in [4.69, 9.17) is 4.74 Å². The zero-order chi connectivity index (χ0) is 18.5. The molecule has 5 rings (SSSR count). The van der Waals surface area contributed by atoms with Crippen LogP contribution >= 0.6 is 0 Å². The fourth-order valence-corrected chi connectivity index (χ4v) is 5.23. The molecule has 0 saturated carbocycles. The standard InChI is InChI=1S/C22H22N2O3/c1-23-20-5-3-2-4-16(20)17-10-11-19-18(21(17)23)12-13-27-22(19)14-6-8-15(9-7-14)24(25)26/h2-9,18-19,22H,10-13H2,1H3/t18-,19-,22-/m0/s1. The lowest BCUT2D eigenvalue weighted by Crippen LogP contribution is -2.34. The number of nitro groups is 1. The largest absolute Gasteiger partial charge is 0.373 e. The molecule has 1 aliphatic carbocycles. The van der Waals surface area contributed by atoms with Crippen molar-refractivity contribution in [3.63, 3.8) is 0 Å². The number of ether oxygens (including phenoxy) is 1. The van der Waals surface area contributed by atoms with E-state index < -0.39 is 0 Å². The average Bonchev–Trinajstić information content (AvgIpc) is 3.00. The van der Waals surface area contributed by atoms with Crippen LogP contribution in [0.4, 0.5) is 5.69 Å². The number of benzene rings is 2. The van der Waals surface area contributed by atoms with Crippen molar-refractivity contribution in [2.75, 3.05) is 6.61 Å². The highest BCUT2D eigenvalue weighted by molar-refractivity contribution is 5.86. The predicted octanol–water partition coefficient (Wildman–Crippen LogP) is 4.89. The van der Waals surface area contributed by atoms with Gasteiger partial charge in [0.05, 0.1) is 11.0 Å². The highest BCUT2D eigenvalue weighted by Crippen LogP contribution is 2.50. The van der Waals surface area contributed by atoms with Crippen LogP contribution in [0.15, 0.2) is 48.5 Å². The molecule has 0 spiro atoms. The zero-order valence-electron chi connectivity index (χ0n) is 15.3. The maximum absolute atomic E-state index is 10.9. The van der Waals surface area contributed by atoms with Gasteiger partial charge in [0.1, 0.15) is 0 Å². The third-order valence-electron chi connectivity index (χ3n) is 6.40. The molecule has 1 fully saturated rings. The maximum Gasteiger partial charge on any atom is 0.269 e. The number of nitrogens with zero attached hydrogens (tertiary/aromatic N) is 2. The first-order valence-electron chi connectivity index (χ1n) is 9.57. The van der Waals surface area contributed by atoms with Gasteiger partial charge in [0.15, 0.2) is 0 Å². The Morgan fingerprint density at radius 3 is 2.67 bits per heavy atom. The molecule has 2 aliphatic rings. The summed E-state index contributed by atoms with van der Waals surface area (Å²) in [5.41, 5.74) is 5.45. The quantitative estimate of drug-likeness (QED) is 0.481. The first kappa shape index (κ1) is 16.5. The van der Waals surface area contributed by atoms with Gasteiger partial charge >= 0.3 is 0 Å². The normalized spacial score (nSPS) is 24.4. The SMILES string of the molecule is Cn1c2c(c3ccccc31)CC[C@H]1[C@@H]2CCO[C@H]1c1ccc([N+](=O)[O-])cc1. The summed E-state index contributed by atoms with van der Waals surface area (Å²) in [7, 11) is 2.18. The molecule has 1 aliphatic heterocycles. The van der Waals surface area contributed by atoms with Gasteiger partial charge in [0.2, 0.25) is 0 Å². The number of hydrogen-bond acceptors (Lipinski definition) is 3. The smallest absolute Gasteiger partial charge is 0.269 e. The summed E-state index contributed by atoms with van der Waals surface area (Å²) in [4.78, 5) is 10.6. The van der Waals surface area contributed by atoms with Crippen molar-refractivity contribution in [3.8, 4) is 0 Å². The number of aryl methyl sites for hydroxylation is 2. The van der Waals surface area contributed by atoms with Crippen molar-refractivity contribution in [1.29, 1.82) is 0 Å². The second-order valence-electron chi connectivity index (χ2n) is 7.68. The molecule has 1 saturated heterocycles. The first-order chi connectivity index (χ1) is 13.1. The van der Waals surface area contributed by atoms with E-state index in [0.29, 0.717) is 11.8 Å². The number of hydrogen-bond donors (Lipinski definition) is 0. The molecule has 2 heterocycles. The van der Waals surface area contributed by atoms with E-state index in [1.165, 1.54) is 22.2 Å². The van der Waals surface area contributed by atoms with Crippen LogP contribution in [0.5, 0.6) is 0 Å². The lowest BCUT2D eigenvalue weighted by molar-refractivity contribution is -0.384. The van der Waals surface area contributed by atoms with Crippen LogP contribution in [0.25, 0.3) is 10.9 Å². The van der Waals surface area contributed by atoms with Gasteiger partial charge in [-0.2, -0.15) is 0 Å². The van der Waals surface area contributed by atoms with Gasteiger partial charge in [0, 0.05) is 48.3 Å². The van der Waals surface area contributed by atoms with Crippen molar-refractivity contribution in [1.82, 2.24) is 4.57 Å². The number of aromatic nitrogens is 1. The molecule has 5 nitrogen and oxygen atoms in total. The van der Waals surface area contributed by atoms with Crippen molar-refractivity contribution < 1.29 is 9.66 Å². The van der Waals surface area contributed by atoms with Crippen molar-refractivity contribution in [3.05, 3.63) is 75.5 Å². The topological polar surface area (TPSA) is 57.3 Å². The molecule has 3 atom stereocenters. The molecule has 0 bridgehead atoms. The van der Waals surface area contributed by atoms with Crippen molar-refractivity contribution in [2.24, 2.45) is 13.0 Å². The number of para-hydroxylation sites is 1. The molecule has 5 heteroatoms. The molecular weight excluding hydrogens is 340 g/mol. The monoisotopic (exact) mass is 362 g/mol. The number of rotatable bonds is 2. The minimum atomic E-state index is -0.350. The van der Waals surface area contributed by atoms with Gasteiger partial charge < -0.3 is 9.30 Å². The van der Waals surface area contributed by atoms with Crippen LogP contribution in [-0.2, 0) is 18.2 Å². The molecule has 2 aromatic carbocycles. The summed E-state index contributed by atoms with van der Waals surface area (Å²) >= 11 is 0. The fraction of sp³-hybridized carbons (Fsp3) is 0.364. The first-order valence-corrected chi connectivity index (χ1v) is 9.57. The Labute approximate surface area is 157 Å². The second-order valence-corrected chi connectivity index (χ2v) is 7.68. The number of fused-ring (bicyclic) bond motifs is 5. The Kier molecular flexibility index (Phi) is 3.79. The third-order valence-corrected chi connectivity index (χ3v) is 6.40. The van der Waals surface area contributed by atoms with Gasteiger partial charge in [-0.05, 0) is 54.5 Å². The van der Waals surface area contributed by atoms with Gasteiger partial charge in [-0.3, -0.25) is 10.1 Å². The molecule has 1 aromatic heterocycles. The highest BCUT2D eigenvalue weighted by Gasteiger charge is 2.41. The summed E-state index contributed by atoms with van der Waals surface area (Å²) in [5.74, 6) is 0.885. The van der Waals surface area contributed by atoms with Crippen LogP contribution in [0, 0.1) is 16.0 Å². The van der Waals surface area contributed by atoms with Crippen LogP contribution in [0.2, 0.25) is 0 Å². The highest BCUT2D eigenvalue weighted by atomic mass is 16.6. The maximum atomic E-state index is 10.9. The summed E-state index contributed by atoms with van der Waals surface area (Å²) < 4.78 is 8.56. The van der Waals surface area contributed by atoms with Crippen molar-refractivity contribution in [2.45, 2.75) is 31.3 Å². The predicted molar refractivity (Wildman–Crippen MR) is 104 cm³/mol. The van der Waals surface area contributed by atoms with E-state index in [2.05, 4.69) is 35.9 Å². The fourth-order valence-electron chi connectivity index (χ4n) is 5.23. The summed E-state index contributed by atoms with van der Waals surface area (Å²) in [5, 5.41) is 12.3. The van der Waals surface area contributed by atoms with E-state index in [-0.39, 0.29) is 16.7 Å². The van der Waals surface area contributed by atoms with Crippen LogP contribution in [0.3, 0.4) is 0 Å². The Bertz CT molecular complexity index is 1020. The molecule has 0 unspecified atom stereocenters. The molecule has 0 N–H and O–H groups in total. The minimum absolute atomic E-state index is 0.00992. The molecule has 0 radical (unpaired) electrons. The summed E-state index contributed by atoms with van der Waals surface area (Å²) in [6, 6.07) is 15.6. The Hall–Kier alpha value is -2.66. The van der Waals surface area contributed by atoms with Gasteiger partial charge in [-0.25, -0.2) is 0 Å². The van der Waals surface area contributed by atoms with E-state index in [1.807, 2.05) is 12.1 Å². The minimum Gasteiger partial charge on any atom is -0.373 e. The third kappa shape index (κ3) is 2.49. The van der Waals surface area contributed by atoms with E-state index in [9.17, 15) is 10.1 Å². The summed E-state index contributed by atoms with van der Waals surface area (Å²) in [6.07, 6.45) is 3.19. The zero-order valence-corrected chi connectivity index (χ0v) is 15.3. The second kappa shape index (κ2) is 6.20. The van der Waals surface area contributed by atoms with Gasteiger partial charge in [-0.1, -0.05) is 18.2 Å². The Morgan fingerprint density at radius 2 is 1.89 bits per heavy atom. The van der Waals surface area contributed by atoms with E-state index in [0.717, 1.165) is 31.4 Å². The molecule has 3 aromatic rings. The lowest BCUT2D eigenvalue weighted by atomic mass is 9.71. The molecule has 27 heavy (non-hydrogen) atoms. The van der Waals surface area contributed by atoms with Crippen LogP contribution in [0.1, 0.15) is 41.7 Å².